The molecule has 24 heavy (non-hydrogen) atoms. The zero-order valence-corrected chi connectivity index (χ0v) is 14.7. The number of aromatic nitrogens is 1. The quantitative estimate of drug-likeness (QED) is 0.764. The average molecular weight is 344 g/mol. The zero-order chi connectivity index (χ0) is 16.8. The second-order valence-corrected chi connectivity index (χ2v) is 5.86. The fourth-order valence-electron chi connectivity index (χ4n) is 1.75. The number of halogens is 1. The van der Waals surface area contributed by atoms with Gasteiger partial charge in [0, 0.05) is 6.07 Å². The van der Waals surface area contributed by atoms with Gasteiger partial charge in [0.15, 0.2) is 0 Å². The molecule has 0 atom stereocenters. The van der Waals surface area contributed by atoms with E-state index >= 15 is 0 Å². The average Bonchev–Trinajstić information content (AvgIpc) is 2.52. The van der Waals surface area contributed by atoms with E-state index in [9.17, 15) is 4.79 Å². The Hall–Kier alpha value is -1.67. The van der Waals surface area contributed by atoms with Crippen LogP contribution in [0.1, 0.15) is 31.2 Å². The summed E-state index contributed by atoms with van der Waals surface area (Å²) in [6, 6.07) is 8.14. The molecule has 1 heterocycles. The molecule has 0 radical (unpaired) electrons. The summed E-state index contributed by atoms with van der Waals surface area (Å²) in [5.74, 6) is 0.343. The van der Waals surface area contributed by atoms with Gasteiger partial charge in [0.05, 0.1) is 18.4 Å². The Bertz CT molecular complexity index is 683. The summed E-state index contributed by atoms with van der Waals surface area (Å²) < 4.78 is 11.1. The van der Waals surface area contributed by atoms with E-state index in [-0.39, 0.29) is 25.9 Å². The van der Waals surface area contributed by atoms with Crippen molar-refractivity contribution < 1.29 is 39.7 Å². The van der Waals surface area contributed by atoms with Gasteiger partial charge in [-0.15, -0.1) is 0 Å². The first-order valence-corrected chi connectivity index (χ1v) is 7.57. The van der Waals surface area contributed by atoms with E-state index in [1.165, 1.54) is 12.1 Å². The molecule has 0 amide bonds. The molecule has 0 aliphatic rings. The molecule has 2 aromatic rings. The first-order chi connectivity index (χ1) is 11.0. The SMILES string of the molecule is CC(C)COc1ncc(OCc2ccc(C(=O)O)cc2)cc1Cl.[H-].[Li+]. The third-order valence-electron chi connectivity index (χ3n) is 2.94. The van der Waals surface area contributed by atoms with Crippen molar-refractivity contribution in [3.63, 3.8) is 0 Å². The number of pyridine rings is 1. The van der Waals surface area contributed by atoms with E-state index in [1.807, 2.05) is 13.8 Å². The summed E-state index contributed by atoms with van der Waals surface area (Å²) in [4.78, 5) is 14.9. The van der Waals surface area contributed by atoms with Crippen molar-refractivity contribution in [2.45, 2.75) is 20.5 Å². The number of hydrogen-bond acceptors (Lipinski definition) is 4. The maximum Gasteiger partial charge on any atom is 1.00 e. The number of carboxylic acids is 1. The molecule has 0 spiro atoms. The van der Waals surface area contributed by atoms with Crippen molar-refractivity contribution in [1.82, 2.24) is 4.98 Å². The zero-order valence-electron chi connectivity index (χ0n) is 15.0. The number of nitrogens with zero attached hydrogens (tertiary/aromatic N) is 1. The summed E-state index contributed by atoms with van der Waals surface area (Å²) in [5.41, 5.74) is 1.09. The number of rotatable bonds is 7. The van der Waals surface area contributed by atoms with Crippen LogP contribution in [0.2, 0.25) is 5.02 Å². The molecule has 0 bridgehead atoms. The number of aromatic carboxylic acids is 1. The Labute approximate surface area is 159 Å². The fourth-order valence-corrected chi connectivity index (χ4v) is 1.96. The number of benzene rings is 1. The summed E-state index contributed by atoms with van der Waals surface area (Å²) in [6.45, 7) is 4.93. The van der Waals surface area contributed by atoms with Crippen LogP contribution in [-0.2, 0) is 6.61 Å². The Morgan fingerprint density at radius 3 is 2.50 bits per heavy atom. The van der Waals surface area contributed by atoms with Crippen LogP contribution in [0.4, 0.5) is 0 Å². The molecule has 1 aromatic heterocycles. The van der Waals surface area contributed by atoms with Gasteiger partial charge in [-0.3, -0.25) is 0 Å². The summed E-state index contributed by atoms with van der Waals surface area (Å²) >= 11 is 6.12. The Morgan fingerprint density at radius 2 is 1.96 bits per heavy atom. The largest absolute Gasteiger partial charge is 1.00 e. The second-order valence-electron chi connectivity index (χ2n) is 5.45. The summed E-state index contributed by atoms with van der Waals surface area (Å²) in [5, 5.41) is 9.24. The normalized spacial score (nSPS) is 10.2. The maximum absolute atomic E-state index is 10.8. The molecule has 0 unspecified atom stereocenters. The Kier molecular flexibility index (Phi) is 8.13. The van der Waals surface area contributed by atoms with Crippen LogP contribution in [-0.4, -0.2) is 22.7 Å². The molecule has 0 aliphatic carbocycles. The van der Waals surface area contributed by atoms with Gasteiger partial charge in [-0.2, -0.15) is 0 Å². The third-order valence-corrected chi connectivity index (χ3v) is 3.21. The van der Waals surface area contributed by atoms with Crippen molar-refractivity contribution in [2.24, 2.45) is 5.92 Å². The standard InChI is InChI=1S/C17H18ClNO4.Li.H/c1-11(2)9-23-16-15(18)7-14(8-19-16)22-10-12-3-5-13(6-4-12)17(20)21;;/h3-8,11H,9-10H2,1-2H3,(H,20,21);;/q;+1;-1. The van der Waals surface area contributed by atoms with Crippen molar-refractivity contribution in [3.8, 4) is 11.6 Å². The van der Waals surface area contributed by atoms with Crippen LogP contribution in [0.15, 0.2) is 36.5 Å². The molecular formula is C17H19ClLiNO4. The minimum Gasteiger partial charge on any atom is -1.00 e. The minimum atomic E-state index is -0.953. The number of carboxylic acid groups (broad SMARTS) is 1. The predicted molar refractivity (Wildman–Crippen MR) is 88.4 cm³/mol. The van der Waals surface area contributed by atoms with Gasteiger partial charge < -0.3 is 16.0 Å². The van der Waals surface area contributed by atoms with Crippen LogP contribution in [0.5, 0.6) is 11.6 Å². The van der Waals surface area contributed by atoms with Gasteiger partial charge in [0.25, 0.3) is 0 Å². The molecule has 7 heteroatoms. The van der Waals surface area contributed by atoms with Crippen LogP contribution >= 0.6 is 11.6 Å². The molecule has 5 nitrogen and oxygen atoms in total. The van der Waals surface area contributed by atoms with E-state index < -0.39 is 5.97 Å². The van der Waals surface area contributed by atoms with Crippen molar-refractivity contribution in [1.29, 1.82) is 0 Å². The molecule has 0 fully saturated rings. The van der Waals surface area contributed by atoms with E-state index in [1.54, 1.807) is 24.4 Å². The Balaban J connectivity index is 0.00000288. The smallest absolute Gasteiger partial charge is 1.00 e. The molecule has 124 valence electrons. The molecule has 2 rings (SSSR count). The van der Waals surface area contributed by atoms with Crippen LogP contribution in [0.3, 0.4) is 0 Å². The van der Waals surface area contributed by atoms with Gasteiger partial charge in [-0.1, -0.05) is 37.6 Å². The monoisotopic (exact) mass is 343 g/mol. The van der Waals surface area contributed by atoms with Gasteiger partial charge in [0.2, 0.25) is 5.88 Å². The van der Waals surface area contributed by atoms with Crippen LogP contribution in [0.25, 0.3) is 0 Å². The third kappa shape index (κ3) is 6.08. The van der Waals surface area contributed by atoms with Crippen molar-refractivity contribution in [2.75, 3.05) is 6.61 Å². The molecule has 0 saturated heterocycles. The second kappa shape index (κ2) is 9.58. The van der Waals surface area contributed by atoms with Gasteiger partial charge in [0.1, 0.15) is 17.4 Å². The van der Waals surface area contributed by atoms with Crippen LogP contribution in [0, 0.1) is 5.92 Å². The van der Waals surface area contributed by atoms with Crippen LogP contribution < -0.4 is 28.3 Å². The van der Waals surface area contributed by atoms with Gasteiger partial charge >= 0.3 is 24.8 Å². The topological polar surface area (TPSA) is 68.7 Å². The van der Waals surface area contributed by atoms with E-state index in [0.717, 1.165) is 5.56 Å². The number of ether oxygens (including phenoxy) is 2. The molecule has 1 aromatic carbocycles. The molecule has 0 saturated carbocycles. The predicted octanol–water partition coefficient (Wildman–Crippen LogP) is 1.16. The minimum absolute atomic E-state index is 0. The van der Waals surface area contributed by atoms with Crippen molar-refractivity contribution in [3.05, 3.63) is 52.7 Å². The fraction of sp³-hybridized carbons (Fsp3) is 0.294. The van der Waals surface area contributed by atoms with E-state index in [4.69, 9.17) is 26.2 Å². The first kappa shape index (κ1) is 20.4. The van der Waals surface area contributed by atoms with Gasteiger partial charge in [-0.05, 0) is 23.6 Å². The van der Waals surface area contributed by atoms with E-state index in [0.29, 0.717) is 35.8 Å². The van der Waals surface area contributed by atoms with Gasteiger partial charge in [-0.25, -0.2) is 9.78 Å². The Morgan fingerprint density at radius 1 is 1.29 bits per heavy atom. The van der Waals surface area contributed by atoms with Crippen molar-refractivity contribution >= 4 is 17.6 Å². The first-order valence-electron chi connectivity index (χ1n) is 7.19. The summed E-state index contributed by atoms with van der Waals surface area (Å²) in [7, 11) is 0. The maximum atomic E-state index is 10.8. The molecular weight excluding hydrogens is 325 g/mol. The molecule has 1 N–H and O–H groups in total. The van der Waals surface area contributed by atoms with E-state index in [2.05, 4.69) is 4.98 Å². The summed E-state index contributed by atoms with van der Waals surface area (Å²) in [6.07, 6.45) is 1.55. The number of hydrogen-bond donors (Lipinski definition) is 1. The molecule has 0 aliphatic heterocycles. The number of carbonyl (C=O) groups is 1.